The average molecular weight is 187 g/mol. The first-order valence-electron chi connectivity index (χ1n) is 4.50. The maximum atomic E-state index is 10.9. The van der Waals surface area contributed by atoms with Gasteiger partial charge in [0, 0.05) is 18.5 Å². The molecule has 0 aromatic rings. The van der Waals surface area contributed by atoms with Crippen LogP contribution >= 0.6 is 0 Å². The number of rotatable bonds is 1. The summed E-state index contributed by atoms with van der Waals surface area (Å²) in [6.45, 7) is 6.34. The third kappa shape index (κ3) is 2.19. The highest BCUT2D eigenvalue weighted by Crippen LogP contribution is 2.26. The molecule has 0 spiro atoms. The van der Waals surface area contributed by atoms with Gasteiger partial charge in [-0.3, -0.25) is 9.69 Å². The number of carbonyl (C=O) groups is 1. The van der Waals surface area contributed by atoms with E-state index in [2.05, 4.69) is 0 Å². The van der Waals surface area contributed by atoms with Crippen molar-refractivity contribution in [1.82, 2.24) is 4.90 Å². The molecule has 1 aliphatic rings. The van der Waals surface area contributed by atoms with E-state index in [1.54, 1.807) is 0 Å². The van der Waals surface area contributed by atoms with Crippen molar-refractivity contribution in [2.24, 2.45) is 0 Å². The predicted octanol–water partition coefficient (Wildman–Crippen LogP) is 0.305. The van der Waals surface area contributed by atoms with Crippen LogP contribution < -0.4 is 0 Å². The van der Waals surface area contributed by atoms with Crippen LogP contribution in [0.1, 0.15) is 27.2 Å². The lowest BCUT2D eigenvalue weighted by Crippen LogP contribution is -2.48. The van der Waals surface area contributed by atoms with Crippen LogP contribution in [0.15, 0.2) is 0 Å². The second kappa shape index (κ2) is 3.27. The number of nitrogens with zero attached hydrogens (tertiary/aromatic N) is 1. The standard InChI is InChI=1S/C9H17NO3/c1-9(2,3)10-5-6(11)4-7(10)8(12)13/h6-7,11H,4-5H2,1-3H3,(H,12,13). The first kappa shape index (κ1) is 10.5. The van der Waals surface area contributed by atoms with Crippen molar-refractivity contribution in [2.45, 2.75) is 44.9 Å². The number of hydrogen-bond acceptors (Lipinski definition) is 3. The third-order valence-corrected chi connectivity index (χ3v) is 2.43. The van der Waals surface area contributed by atoms with Crippen molar-refractivity contribution in [2.75, 3.05) is 6.54 Å². The first-order valence-corrected chi connectivity index (χ1v) is 4.50. The molecular formula is C9H17NO3. The monoisotopic (exact) mass is 187 g/mol. The molecule has 0 amide bonds. The molecule has 0 saturated carbocycles. The molecule has 4 nitrogen and oxygen atoms in total. The second-order valence-electron chi connectivity index (χ2n) is 4.57. The van der Waals surface area contributed by atoms with Crippen LogP contribution in [0.2, 0.25) is 0 Å². The van der Waals surface area contributed by atoms with Crippen LogP contribution in [-0.4, -0.2) is 45.3 Å². The van der Waals surface area contributed by atoms with E-state index in [-0.39, 0.29) is 5.54 Å². The molecule has 76 valence electrons. The van der Waals surface area contributed by atoms with Gasteiger partial charge >= 0.3 is 5.97 Å². The summed E-state index contributed by atoms with van der Waals surface area (Å²) in [7, 11) is 0. The largest absolute Gasteiger partial charge is 0.480 e. The minimum absolute atomic E-state index is 0.194. The maximum absolute atomic E-state index is 10.9. The predicted molar refractivity (Wildman–Crippen MR) is 48.5 cm³/mol. The molecule has 2 N–H and O–H groups in total. The van der Waals surface area contributed by atoms with Gasteiger partial charge in [-0.1, -0.05) is 0 Å². The third-order valence-electron chi connectivity index (χ3n) is 2.43. The zero-order chi connectivity index (χ0) is 10.2. The highest BCUT2D eigenvalue weighted by atomic mass is 16.4. The maximum Gasteiger partial charge on any atom is 0.321 e. The molecule has 0 aliphatic carbocycles. The fourth-order valence-corrected chi connectivity index (χ4v) is 1.79. The van der Waals surface area contributed by atoms with Crippen LogP contribution in [0.25, 0.3) is 0 Å². The number of aliphatic carboxylic acids is 1. The molecule has 0 bridgehead atoms. The topological polar surface area (TPSA) is 60.8 Å². The lowest BCUT2D eigenvalue weighted by Gasteiger charge is -2.34. The highest BCUT2D eigenvalue weighted by Gasteiger charge is 2.41. The Morgan fingerprint density at radius 2 is 2.00 bits per heavy atom. The van der Waals surface area contributed by atoms with E-state index in [1.807, 2.05) is 25.7 Å². The molecule has 1 fully saturated rings. The molecule has 0 aromatic heterocycles. The number of aliphatic hydroxyl groups is 1. The summed E-state index contributed by atoms with van der Waals surface area (Å²) in [5.41, 5.74) is -0.194. The molecule has 0 radical (unpaired) electrons. The number of β-amino-alcohol motifs (C(OH)–C–C–N with tert-alkyl or cyclic N) is 1. The Kier molecular flexibility index (Phi) is 2.63. The minimum atomic E-state index is -0.841. The minimum Gasteiger partial charge on any atom is -0.480 e. The Balaban J connectivity index is 2.78. The van der Waals surface area contributed by atoms with Crippen LogP contribution in [0.5, 0.6) is 0 Å². The Hall–Kier alpha value is -0.610. The first-order chi connectivity index (χ1) is 5.82. The molecule has 1 heterocycles. The highest BCUT2D eigenvalue weighted by molar-refractivity contribution is 5.74. The lowest BCUT2D eigenvalue weighted by atomic mass is 10.0. The van der Waals surface area contributed by atoms with Crippen LogP contribution in [0.4, 0.5) is 0 Å². The van der Waals surface area contributed by atoms with E-state index >= 15 is 0 Å². The smallest absolute Gasteiger partial charge is 0.321 e. The van der Waals surface area contributed by atoms with Gasteiger partial charge in [0.15, 0.2) is 0 Å². The van der Waals surface area contributed by atoms with E-state index in [0.29, 0.717) is 13.0 Å². The number of carboxylic acids is 1. The summed E-state index contributed by atoms with van der Waals surface area (Å²) in [5, 5.41) is 18.3. The van der Waals surface area contributed by atoms with Crippen molar-refractivity contribution in [3.8, 4) is 0 Å². The van der Waals surface area contributed by atoms with Crippen molar-refractivity contribution in [3.63, 3.8) is 0 Å². The Bertz CT molecular complexity index is 209. The fraction of sp³-hybridized carbons (Fsp3) is 0.889. The Morgan fingerprint density at radius 3 is 2.31 bits per heavy atom. The summed E-state index contributed by atoms with van der Waals surface area (Å²) >= 11 is 0. The van der Waals surface area contributed by atoms with Crippen molar-refractivity contribution in [3.05, 3.63) is 0 Å². The van der Waals surface area contributed by atoms with E-state index in [1.165, 1.54) is 0 Å². The van der Waals surface area contributed by atoms with Gasteiger partial charge in [-0.15, -0.1) is 0 Å². The number of aliphatic hydroxyl groups excluding tert-OH is 1. The SMILES string of the molecule is CC(C)(C)N1CC(O)CC1C(=O)O. The Morgan fingerprint density at radius 1 is 1.46 bits per heavy atom. The van der Waals surface area contributed by atoms with E-state index in [0.717, 1.165) is 0 Å². The molecule has 2 atom stereocenters. The molecular weight excluding hydrogens is 170 g/mol. The Labute approximate surface area is 78.2 Å². The average Bonchev–Trinajstić information content (AvgIpc) is 2.29. The van der Waals surface area contributed by atoms with E-state index in [9.17, 15) is 9.90 Å². The molecule has 1 saturated heterocycles. The zero-order valence-corrected chi connectivity index (χ0v) is 8.32. The van der Waals surface area contributed by atoms with Gasteiger partial charge in [0.1, 0.15) is 6.04 Å². The second-order valence-corrected chi connectivity index (χ2v) is 4.57. The van der Waals surface area contributed by atoms with Crippen LogP contribution in [-0.2, 0) is 4.79 Å². The van der Waals surface area contributed by atoms with Gasteiger partial charge in [0.25, 0.3) is 0 Å². The van der Waals surface area contributed by atoms with Crippen LogP contribution in [0.3, 0.4) is 0 Å². The number of hydrogen-bond donors (Lipinski definition) is 2. The summed E-state index contributed by atoms with van der Waals surface area (Å²) in [6, 6.07) is -0.532. The molecule has 13 heavy (non-hydrogen) atoms. The van der Waals surface area contributed by atoms with Crippen molar-refractivity contribution in [1.29, 1.82) is 0 Å². The summed E-state index contributed by atoms with van der Waals surface area (Å²) in [5.74, 6) is -0.841. The quantitative estimate of drug-likeness (QED) is 0.620. The van der Waals surface area contributed by atoms with Gasteiger partial charge in [-0.2, -0.15) is 0 Å². The van der Waals surface area contributed by atoms with E-state index in [4.69, 9.17) is 5.11 Å². The van der Waals surface area contributed by atoms with Crippen molar-refractivity contribution < 1.29 is 15.0 Å². The number of carboxylic acid groups (broad SMARTS) is 1. The summed E-state index contributed by atoms with van der Waals surface area (Å²) < 4.78 is 0. The van der Waals surface area contributed by atoms with Gasteiger partial charge in [0.05, 0.1) is 6.10 Å². The number of likely N-dealkylation sites (tertiary alicyclic amines) is 1. The van der Waals surface area contributed by atoms with Gasteiger partial charge in [0.2, 0.25) is 0 Å². The molecule has 4 heteroatoms. The summed E-state index contributed by atoms with van der Waals surface area (Å²) in [6.07, 6.45) is -0.160. The zero-order valence-electron chi connectivity index (χ0n) is 8.32. The van der Waals surface area contributed by atoms with Gasteiger partial charge in [-0.05, 0) is 20.8 Å². The van der Waals surface area contributed by atoms with Gasteiger partial charge < -0.3 is 10.2 Å². The molecule has 1 rings (SSSR count). The molecule has 0 aromatic carbocycles. The lowest BCUT2D eigenvalue weighted by molar-refractivity contribution is -0.143. The normalized spacial score (nSPS) is 30.8. The summed E-state index contributed by atoms with van der Waals surface area (Å²) in [4.78, 5) is 12.7. The van der Waals surface area contributed by atoms with Crippen molar-refractivity contribution >= 4 is 5.97 Å². The van der Waals surface area contributed by atoms with Gasteiger partial charge in [-0.25, -0.2) is 0 Å². The van der Waals surface area contributed by atoms with E-state index < -0.39 is 18.1 Å². The fourth-order valence-electron chi connectivity index (χ4n) is 1.79. The van der Waals surface area contributed by atoms with Crippen LogP contribution in [0, 0.1) is 0 Å². The molecule has 1 aliphatic heterocycles. The molecule has 2 unspecified atom stereocenters.